The van der Waals surface area contributed by atoms with E-state index in [4.69, 9.17) is 4.74 Å². The fourth-order valence-electron chi connectivity index (χ4n) is 7.22. The number of allylic oxidation sites excluding steroid dienone is 1. The minimum absolute atomic E-state index is 0.0193. The first-order chi connectivity index (χ1) is 25.6. The average Bonchev–Trinajstić information content (AvgIpc) is 3.95. The Morgan fingerprint density at radius 2 is 1.85 bits per heavy atom. The van der Waals surface area contributed by atoms with Crippen LogP contribution in [0.2, 0.25) is 0 Å². The predicted molar refractivity (Wildman–Crippen MR) is 194 cm³/mol. The first kappa shape index (κ1) is 37.4. The van der Waals surface area contributed by atoms with Gasteiger partial charge in [0.25, 0.3) is 11.8 Å². The Morgan fingerprint density at radius 1 is 1.07 bits per heavy atom. The van der Waals surface area contributed by atoms with Crippen molar-refractivity contribution in [1.82, 2.24) is 40.0 Å². The summed E-state index contributed by atoms with van der Waals surface area (Å²) in [6.45, 7) is 4.98. The van der Waals surface area contributed by atoms with Gasteiger partial charge in [0.2, 0.25) is 27.7 Å². The van der Waals surface area contributed by atoms with Crippen molar-refractivity contribution in [2.45, 2.75) is 107 Å². The van der Waals surface area contributed by atoms with Crippen LogP contribution in [0.5, 0.6) is 5.88 Å². The van der Waals surface area contributed by atoms with E-state index >= 15 is 0 Å². The zero-order valence-corrected chi connectivity index (χ0v) is 31.5. The number of amides is 4. The lowest BCUT2D eigenvalue weighted by Gasteiger charge is -2.30. The largest absolute Gasteiger partial charge is 0.471 e. The summed E-state index contributed by atoms with van der Waals surface area (Å²) in [6.07, 6.45) is 7.08. The Labute approximate surface area is 312 Å². The Bertz CT molecular complexity index is 2150. The number of sulfonamides is 1. The second kappa shape index (κ2) is 14.0. The lowest BCUT2D eigenvalue weighted by atomic mass is 10.0. The molecular formula is C37H45FN8O7S. The highest BCUT2D eigenvalue weighted by atomic mass is 32.2. The molecule has 2 aliphatic heterocycles. The molecule has 3 N–H and O–H groups in total. The Balaban J connectivity index is 1.20. The fraction of sp³-hybridized carbons (Fsp3) is 0.541. The van der Waals surface area contributed by atoms with Gasteiger partial charge in [-0.1, -0.05) is 25.0 Å². The third-order valence-corrected chi connectivity index (χ3v) is 13.3. The van der Waals surface area contributed by atoms with Gasteiger partial charge in [-0.05, 0) is 77.5 Å². The third kappa shape index (κ3) is 7.29. The van der Waals surface area contributed by atoms with Crippen LogP contribution in [0.25, 0.3) is 11.0 Å². The van der Waals surface area contributed by atoms with E-state index in [0.717, 1.165) is 18.5 Å². The van der Waals surface area contributed by atoms with Gasteiger partial charge in [-0.2, -0.15) is 5.10 Å². The number of nitrogens with zero attached hydrogens (tertiary/aromatic N) is 5. The topological polar surface area (TPSA) is 195 Å². The molecule has 4 aliphatic rings. The smallest absolute Gasteiger partial charge is 0.272 e. The maximum absolute atomic E-state index is 14.5. The van der Waals surface area contributed by atoms with Crippen molar-refractivity contribution in [3.05, 3.63) is 59.3 Å². The summed E-state index contributed by atoms with van der Waals surface area (Å²) < 4.78 is 49.3. The van der Waals surface area contributed by atoms with Crippen LogP contribution in [0.3, 0.4) is 0 Å². The molecule has 0 bridgehead atoms. The number of aryl methyl sites for hydroxylation is 3. The van der Waals surface area contributed by atoms with Crippen molar-refractivity contribution in [3.8, 4) is 5.88 Å². The number of nitrogens with one attached hydrogen (secondary N) is 3. The van der Waals surface area contributed by atoms with E-state index in [1.54, 1.807) is 38.6 Å². The van der Waals surface area contributed by atoms with Gasteiger partial charge in [0, 0.05) is 31.1 Å². The number of fused-ring (bicyclic) bond motifs is 3. The Hall–Kier alpha value is -4.93. The summed E-state index contributed by atoms with van der Waals surface area (Å²) in [5.74, 6) is -3.41. The van der Waals surface area contributed by atoms with Crippen LogP contribution in [0.15, 0.2) is 36.4 Å². The van der Waals surface area contributed by atoms with Gasteiger partial charge in [-0.15, -0.1) is 0 Å². The number of rotatable bonds is 7. The van der Waals surface area contributed by atoms with Crippen LogP contribution in [0.4, 0.5) is 4.39 Å². The van der Waals surface area contributed by atoms with Crippen molar-refractivity contribution >= 4 is 44.7 Å². The van der Waals surface area contributed by atoms with Crippen molar-refractivity contribution in [1.29, 1.82) is 0 Å². The number of hydrogen-bond acceptors (Lipinski definition) is 10. The number of ether oxygens (including phenoxy) is 1. The van der Waals surface area contributed by atoms with E-state index in [1.165, 1.54) is 23.1 Å². The van der Waals surface area contributed by atoms with Crippen molar-refractivity contribution in [2.24, 2.45) is 13.0 Å². The molecule has 17 heteroatoms. The van der Waals surface area contributed by atoms with E-state index in [-0.39, 0.29) is 36.5 Å². The molecule has 0 radical (unpaired) electrons. The number of carbonyl (C=O) groups excluding carboxylic acids is 4. The van der Waals surface area contributed by atoms with Gasteiger partial charge in [0.15, 0.2) is 0 Å². The van der Waals surface area contributed by atoms with Gasteiger partial charge in [-0.3, -0.25) is 28.6 Å². The first-order valence-electron chi connectivity index (χ1n) is 18.4. The summed E-state index contributed by atoms with van der Waals surface area (Å²) in [7, 11) is -2.30. The highest BCUT2D eigenvalue weighted by Gasteiger charge is 2.63. The molecule has 4 amide bonds. The molecule has 3 aromatic rings. The van der Waals surface area contributed by atoms with Crippen LogP contribution in [-0.4, -0.2) is 91.7 Å². The molecule has 288 valence electrons. The van der Waals surface area contributed by atoms with E-state index in [2.05, 4.69) is 30.4 Å². The predicted octanol–water partition coefficient (Wildman–Crippen LogP) is 2.66. The summed E-state index contributed by atoms with van der Waals surface area (Å²) in [5.41, 5.74) is 0.494. The summed E-state index contributed by atoms with van der Waals surface area (Å²) in [6, 6.07) is 3.46. The second-order valence-electron chi connectivity index (χ2n) is 15.3. The normalized spacial score (nSPS) is 27.5. The minimum atomic E-state index is -4.01. The summed E-state index contributed by atoms with van der Waals surface area (Å²) in [4.78, 5) is 66.5. The summed E-state index contributed by atoms with van der Waals surface area (Å²) in [5, 5.41) is 9.97. The van der Waals surface area contributed by atoms with Crippen LogP contribution in [0.1, 0.15) is 86.6 Å². The average molecular weight is 765 g/mol. The second-order valence-corrected chi connectivity index (χ2v) is 17.5. The molecular weight excluding hydrogens is 720 g/mol. The highest BCUT2D eigenvalue weighted by Crippen LogP contribution is 2.47. The van der Waals surface area contributed by atoms with Crippen LogP contribution in [-0.2, 0) is 31.5 Å². The molecule has 7 rings (SSSR count). The number of hydrogen-bond donors (Lipinski definition) is 3. The third-order valence-electron chi connectivity index (χ3n) is 11.2. The zero-order chi connectivity index (χ0) is 38.6. The van der Waals surface area contributed by atoms with Gasteiger partial charge in [0.05, 0.1) is 22.3 Å². The SMILES string of the molecule is Cc1nc2ccc(F)cc2nc1O[C@@H]1C[C@H]2C(=O)N[C@]3(C(=O)NS(=O)(=O)C4(C)CC4)CC3/C=C\CCCCC[C@H](NC(=O)c3cc(C)n(C)n3)C(=O)N2C1. The molecule has 0 spiro atoms. The number of aromatic nitrogens is 4. The van der Waals surface area contributed by atoms with Crippen LogP contribution >= 0.6 is 0 Å². The summed E-state index contributed by atoms with van der Waals surface area (Å²) >= 11 is 0. The zero-order valence-electron chi connectivity index (χ0n) is 30.7. The van der Waals surface area contributed by atoms with Gasteiger partial charge in [0.1, 0.15) is 40.9 Å². The van der Waals surface area contributed by atoms with Crippen molar-refractivity contribution < 1.29 is 36.7 Å². The van der Waals surface area contributed by atoms with Gasteiger partial charge >= 0.3 is 0 Å². The minimum Gasteiger partial charge on any atom is -0.471 e. The van der Waals surface area contributed by atoms with Crippen LogP contribution < -0.4 is 20.1 Å². The lowest BCUT2D eigenvalue weighted by molar-refractivity contribution is -0.141. The van der Waals surface area contributed by atoms with Crippen LogP contribution in [0, 0.1) is 25.6 Å². The van der Waals surface area contributed by atoms with E-state index < -0.39 is 73.9 Å². The molecule has 15 nitrogen and oxygen atoms in total. The molecule has 54 heavy (non-hydrogen) atoms. The number of carbonyl (C=O) groups is 4. The van der Waals surface area contributed by atoms with E-state index in [0.29, 0.717) is 43.3 Å². The van der Waals surface area contributed by atoms with Gasteiger partial charge < -0.3 is 20.3 Å². The highest BCUT2D eigenvalue weighted by molar-refractivity contribution is 7.91. The first-order valence-corrected chi connectivity index (χ1v) is 19.9. The maximum atomic E-state index is 14.5. The molecule has 2 aromatic heterocycles. The molecule has 1 aromatic carbocycles. The Morgan fingerprint density at radius 3 is 2.57 bits per heavy atom. The van der Waals surface area contributed by atoms with E-state index in [9.17, 15) is 32.0 Å². The van der Waals surface area contributed by atoms with Crippen molar-refractivity contribution in [2.75, 3.05) is 6.54 Å². The number of benzene rings is 1. The van der Waals surface area contributed by atoms with Gasteiger partial charge in [-0.25, -0.2) is 22.8 Å². The van der Waals surface area contributed by atoms with Crippen molar-refractivity contribution in [3.63, 3.8) is 0 Å². The van der Waals surface area contributed by atoms with E-state index in [1.807, 2.05) is 12.2 Å². The maximum Gasteiger partial charge on any atom is 0.272 e. The standard InChI is InChI=1S/C37H45FN8O7S/c1-21-16-29(43-45(21)4)31(47)40-27-11-9-7-5-6-8-10-23-19-37(23,35(50)44-54(51,52)36(3)14-15-36)42-32(48)30-18-25(20-46(30)34(27)49)53-33-22(2)39-26-13-12-24(38)17-28(26)41-33/h8,10,12-13,16-17,23,25,27,30H,5-7,9,11,14-15,18-20H2,1-4H3,(H,40,47)(H,42,48)(H,44,50)/b10-8-/t23?,25-,27+,30+,37-/m1/s1. The Kier molecular flexibility index (Phi) is 9.73. The molecule has 4 heterocycles. The molecule has 3 fully saturated rings. The lowest BCUT2D eigenvalue weighted by Crippen LogP contribution is -2.58. The molecule has 1 saturated heterocycles. The molecule has 5 atom stereocenters. The quantitative estimate of drug-likeness (QED) is 0.301. The fourth-order valence-corrected chi connectivity index (χ4v) is 8.53. The monoisotopic (exact) mass is 764 g/mol. The number of halogens is 1. The molecule has 1 unspecified atom stereocenters. The molecule has 2 aliphatic carbocycles. The molecule has 2 saturated carbocycles.